The van der Waals surface area contributed by atoms with Crippen molar-refractivity contribution in [1.82, 2.24) is 25.3 Å². The van der Waals surface area contributed by atoms with E-state index in [0.29, 0.717) is 24.8 Å². The van der Waals surface area contributed by atoms with E-state index in [1.54, 1.807) is 18.0 Å². The SMILES string of the molecule is Cc1nc(CNC(=O)N2CCN(c3cccnc3)CC2)no1. The van der Waals surface area contributed by atoms with Crippen LogP contribution in [0.5, 0.6) is 0 Å². The maximum absolute atomic E-state index is 12.1. The largest absolute Gasteiger partial charge is 0.367 e. The first-order valence-corrected chi connectivity index (χ1v) is 7.19. The summed E-state index contributed by atoms with van der Waals surface area (Å²) in [5, 5.41) is 6.56. The average Bonchev–Trinajstić information content (AvgIpc) is 2.99. The molecule has 0 bridgehead atoms. The molecule has 8 nitrogen and oxygen atoms in total. The molecule has 22 heavy (non-hydrogen) atoms. The van der Waals surface area contributed by atoms with Crippen LogP contribution < -0.4 is 10.2 Å². The lowest BCUT2D eigenvalue weighted by Crippen LogP contribution is -2.51. The van der Waals surface area contributed by atoms with Crippen LogP contribution in [-0.4, -0.2) is 52.2 Å². The Morgan fingerprint density at radius 3 is 2.82 bits per heavy atom. The number of aromatic nitrogens is 3. The van der Waals surface area contributed by atoms with Gasteiger partial charge in [0.2, 0.25) is 5.89 Å². The number of hydrogen-bond acceptors (Lipinski definition) is 6. The highest BCUT2D eigenvalue weighted by molar-refractivity contribution is 5.74. The zero-order valence-electron chi connectivity index (χ0n) is 12.4. The molecule has 0 aromatic carbocycles. The van der Waals surface area contributed by atoms with Gasteiger partial charge in [-0.25, -0.2) is 4.79 Å². The molecule has 1 aliphatic heterocycles. The zero-order chi connectivity index (χ0) is 15.4. The molecule has 1 aliphatic rings. The van der Waals surface area contributed by atoms with Crippen LogP contribution in [0.4, 0.5) is 10.5 Å². The number of anilines is 1. The molecule has 2 aromatic rings. The summed E-state index contributed by atoms with van der Waals surface area (Å²) in [6.45, 7) is 4.92. The van der Waals surface area contributed by atoms with Crippen molar-refractivity contribution < 1.29 is 9.32 Å². The van der Waals surface area contributed by atoms with Crippen molar-refractivity contribution in [3.05, 3.63) is 36.2 Å². The molecule has 116 valence electrons. The van der Waals surface area contributed by atoms with E-state index in [2.05, 4.69) is 25.3 Å². The number of hydrogen-bond donors (Lipinski definition) is 1. The number of nitrogens with one attached hydrogen (secondary N) is 1. The van der Waals surface area contributed by atoms with Crippen LogP contribution in [-0.2, 0) is 6.54 Å². The summed E-state index contributed by atoms with van der Waals surface area (Å²) in [5.74, 6) is 0.981. The van der Waals surface area contributed by atoms with Gasteiger partial charge in [-0.1, -0.05) is 5.16 Å². The summed E-state index contributed by atoms with van der Waals surface area (Å²) in [7, 11) is 0. The van der Waals surface area contributed by atoms with Crippen molar-refractivity contribution >= 4 is 11.7 Å². The third kappa shape index (κ3) is 3.33. The number of carbonyl (C=O) groups is 1. The fraction of sp³-hybridized carbons (Fsp3) is 0.429. The van der Waals surface area contributed by atoms with Gasteiger partial charge in [-0.3, -0.25) is 4.98 Å². The van der Waals surface area contributed by atoms with Crippen molar-refractivity contribution in [2.24, 2.45) is 0 Å². The van der Waals surface area contributed by atoms with Crippen LogP contribution in [0.3, 0.4) is 0 Å². The van der Waals surface area contributed by atoms with Gasteiger partial charge < -0.3 is 19.6 Å². The first-order chi connectivity index (χ1) is 10.7. The summed E-state index contributed by atoms with van der Waals surface area (Å²) in [6, 6.07) is 3.84. The molecular formula is C14H18N6O2. The highest BCUT2D eigenvalue weighted by Crippen LogP contribution is 2.14. The maximum Gasteiger partial charge on any atom is 0.317 e. The molecule has 0 atom stereocenters. The topological polar surface area (TPSA) is 87.4 Å². The first kappa shape index (κ1) is 14.3. The van der Waals surface area contributed by atoms with Crippen molar-refractivity contribution in [1.29, 1.82) is 0 Å². The summed E-state index contributed by atoms with van der Waals surface area (Å²) >= 11 is 0. The molecule has 2 aromatic heterocycles. The Morgan fingerprint density at radius 1 is 1.36 bits per heavy atom. The molecule has 0 unspecified atom stereocenters. The zero-order valence-corrected chi connectivity index (χ0v) is 12.4. The summed E-state index contributed by atoms with van der Waals surface area (Å²) in [6.07, 6.45) is 3.60. The molecule has 1 saturated heterocycles. The molecule has 8 heteroatoms. The highest BCUT2D eigenvalue weighted by atomic mass is 16.5. The molecule has 1 N–H and O–H groups in total. The second-order valence-electron chi connectivity index (χ2n) is 5.07. The van der Waals surface area contributed by atoms with Crippen LogP contribution in [0.2, 0.25) is 0 Å². The monoisotopic (exact) mass is 302 g/mol. The number of nitrogens with zero attached hydrogens (tertiary/aromatic N) is 5. The van der Waals surface area contributed by atoms with Gasteiger partial charge in [-0.15, -0.1) is 0 Å². The average molecular weight is 302 g/mol. The molecule has 0 saturated carbocycles. The minimum atomic E-state index is -0.103. The second-order valence-corrected chi connectivity index (χ2v) is 5.07. The lowest BCUT2D eigenvalue weighted by atomic mass is 10.3. The minimum absolute atomic E-state index is 0.103. The number of carbonyl (C=O) groups excluding carboxylic acids is 1. The van der Waals surface area contributed by atoms with Crippen LogP contribution in [0, 0.1) is 6.92 Å². The van der Waals surface area contributed by atoms with Gasteiger partial charge in [-0.05, 0) is 12.1 Å². The Labute approximate surface area is 128 Å². The van der Waals surface area contributed by atoms with E-state index >= 15 is 0 Å². The van der Waals surface area contributed by atoms with Crippen molar-refractivity contribution in [3.63, 3.8) is 0 Å². The highest BCUT2D eigenvalue weighted by Gasteiger charge is 2.21. The normalized spacial score (nSPS) is 15.0. The van der Waals surface area contributed by atoms with E-state index in [-0.39, 0.29) is 12.6 Å². The maximum atomic E-state index is 12.1. The molecule has 0 radical (unpaired) electrons. The third-order valence-electron chi connectivity index (χ3n) is 3.55. The van der Waals surface area contributed by atoms with Gasteiger partial charge in [0.15, 0.2) is 5.82 Å². The van der Waals surface area contributed by atoms with E-state index < -0.39 is 0 Å². The Hall–Kier alpha value is -2.64. The molecule has 1 fully saturated rings. The molecule has 0 spiro atoms. The van der Waals surface area contributed by atoms with Gasteiger partial charge in [-0.2, -0.15) is 4.98 Å². The lowest BCUT2D eigenvalue weighted by molar-refractivity contribution is 0.193. The first-order valence-electron chi connectivity index (χ1n) is 7.19. The third-order valence-corrected chi connectivity index (χ3v) is 3.55. The van der Waals surface area contributed by atoms with Gasteiger partial charge >= 0.3 is 6.03 Å². The van der Waals surface area contributed by atoms with Crippen molar-refractivity contribution in [2.45, 2.75) is 13.5 Å². The Morgan fingerprint density at radius 2 is 2.18 bits per heavy atom. The van der Waals surface area contributed by atoms with Crippen LogP contribution in [0.1, 0.15) is 11.7 Å². The Balaban J connectivity index is 1.47. The fourth-order valence-corrected chi connectivity index (χ4v) is 2.39. The lowest BCUT2D eigenvalue weighted by Gasteiger charge is -2.35. The number of aryl methyl sites for hydroxylation is 1. The molecule has 0 aliphatic carbocycles. The van der Waals surface area contributed by atoms with E-state index in [1.165, 1.54) is 0 Å². The number of urea groups is 1. The summed E-state index contributed by atoms with van der Waals surface area (Å²) in [5.41, 5.74) is 1.09. The standard InChI is InChI=1S/C14H18N6O2/c1-11-17-13(18-22-11)10-16-14(21)20-7-5-19(6-8-20)12-3-2-4-15-9-12/h2-4,9H,5-8,10H2,1H3,(H,16,21). The predicted molar refractivity (Wildman–Crippen MR) is 79.3 cm³/mol. The second kappa shape index (κ2) is 6.42. The van der Waals surface area contributed by atoms with Gasteiger partial charge in [0.1, 0.15) is 0 Å². The van der Waals surface area contributed by atoms with Crippen LogP contribution in [0.25, 0.3) is 0 Å². The van der Waals surface area contributed by atoms with Gasteiger partial charge in [0.05, 0.1) is 18.4 Å². The van der Waals surface area contributed by atoms with Crippen LogP contribution >= 0.6 is 0 Å². The summed E-state index contributed by atoms with van der Waals surface area (Å²) in [4.78, 5) is 24.3. The smallest absolute Gasteiger partial charge is 0.317 e. The Kier molecular flexibility index (Phi) is 4.17. The molecule has 3 rings (SSSR count). The van der Waals surface area contributed by atoms with E-state index in [1.807, 2.05) is 18.3 Å². The number of piperazine rings is 1. The van der Waals surface area contributed by atoms with E-state index in [0.717, 1.165) is 18.8 Å². The van der Waals surface area contributed by atoms with Crippen molar-refractivity contribution in [2.75, 3.05) is 31.1 Å². The number of amides is 2. The minimum Gasteiger partial charge on any atom is -0.367 e. The van der Waals surface area contributed by atoms with Crippen LogP contribution in [0.15, 0.2) is 29.0 Å². The fourth-order valence-electron chi connectivity index (χ4n) is 2.39. The molecular weight excluding hydrogens is 284 g/mol. The summed E-state index contributed by atoms with van der Waals surface area (Å²) < 4.78 is 4.87. The van der Waals surface area contributed by atoms with Gasteiger partial charge in [0, 0.05) is 39.3 Å². The Bertz CT molecular complexity index is 621. The number of pyridine rings is 1. The van der Waals surface area contributed by atoms with E-state index in [9.17, 15) is 4.79 Å². The quantitative estimate of drug-likeness (QED) is 0.902. The predicted octanol–water partition coefficient (Wildman–Crippen LogP) is 0.805. The van der Waals surface area contributed by atoms with Crippen molar-refractivity contribution in [3.8, 4) is 0 Å². The van der Waals surface area contributed by atoms with E-state index in [4.69, 9.17) is 4.52 Å². The molecule has 3 heterocycles. The number of rotatable bonds is 3. The molecule has 2 amide bonds. The van der Waals surface area contributed by atoms with Gasteiger partial charge in [0.25, 0.3) is 0 Å².